The van der Waals surface area contributed by atoms with Gasteiger partial charge in [0, 0.05) is 30.5 Å². The van der Waals surface area contributed by atoms with Crippen LogP contribution in [-0.2, 0) is 24.9 Å². The molecule has 2 amide bonds. The number of nitrogens with zero attached hydrogens (tertiary/aromatic N) is 3. The number of halogens is 2. The Labute approximate surface area is 198 Å². The molecule has 170 valence electrons. The molecule has 6 nitrogen and oxygen atoms in total. The van der Waals surface area contributed by atoms with Crippen molar-refractivity contribution in [2.45, 2.75) is 39.4 Å². The molecule has 0 saturated carbocycles. The third-order valence-corrected chi connectivity index (χ3v) is 6.28. The lowest BCUT2D eigenvalue weighted by molar-refractivity contribution is -0.134. The van der Waals surface area contributed by atoms with Crippen molar-refractivity contribution in [1.82, 2.24) is 14.4 Å². The maximum atomic E-state index is 13.4. The van der Waals surface area contributed by atoms with E-state index in [-0.39, 0.29) is 24.4 Å². The lowest BCUT2D eigenvalue weighted by Gasteiger charge is -2.31. The van der Waals surface area contributed by atoms with Crippen molar-refractivity contribution >= 4 is 35.0 Å². The average Bonchev–Trinajstić information content (AvgIpc) is 3.44. The fourth-order valence-electron chi connectivity index (χ4n) is 3.37. The average molecular weight is 476 g/mol. The number of amides is 2. The molecule has 0 aliphatic rings. The van der Waals surface area contributed by atoms with Gasteiger partial charge in [-0.1, -0.05) is 30.1 Å². The van der Waals surface area contributed by atoms with E-state index in [1.54, 1.807) is 34.3 Å². The topological polar surface area (TPSA) is 58.7 Å². The Kier molecular flexibility index (Phi) is 8.04. The van der Waals surface area contributed by atoms with Gasteiger partial charge in [0.25, 0.3) is 5.91 Å². The minimum absolute atomic E-state index is 0.0563. The molecule has 0 N–H and O–H groups in total. The van der Waals surface area contributed by atoms with E-state index in [4.69, 9.17) is 27.6 Å². The molecule has 2 aromatic heterocycles. The predicted octanol–water partition coefficient (Wildman–Crippen LogP) is 5.39. The number of furan rings is 1. The standard InChI is InChI=1S/C24H27Cl2N3O3/c1-4-17(2)29(24(31)18-9-10-21(25)22(26)13-18)16-23(30)28(15-20-8-6-12-32-20)14-19-7-5-11-27(19)3/h5-13,17H,4,14-16H2,1-3H3. The summed E-state index contributed by atoms with van der Waals surface area (Å²) in [5.41, 5.74) is 1.38. The van der Waals surface area contributed by atoms with Crippen LogP contribution in [0.2, 0.25) is 10.0 Å². The molecule has 8 heteroatoms. The highest BCUT2D eigenvalue weighted by Crippen LogP contribution is 2.24. The van der Waals surface area contributed by atoms with Gasteiger partial charge < -0.3 is 18.8 Å². The van der Waals surface area contributed by atoms with Gasteiger partial charge in [0.2, 0.25) is 5.91 Å². The van der Waals surface area contributed by atoms with Crippen molar-refractivity contribution in [2.24, 2.45) is 7.05 Å². The minimum Gasteiger partial charge on any atom is -0.467 e. The van der Waals surface area contributed by atoms with Crippen LogP contribution in [0.4, 0.5) is 0 Å². The van der Waals surface area contributed by atoms with Crippen LogP contribution in [0.25, 0.3) is 0 Å². The summed E-state index contributed by atoms with van der Waals surface area (Å²) in [6, 6.07) is 12.1. The Morgan fingerprint density at radius 2 is 1.88 bits per heavy atom. The first-order chi connectivity index (χ1) is 15.3. The first-order valence-electron chi connectivity index (χ1n) is 10.5. The van der Waals surface area contributed by atoms with Crippen LogP contribution in [0.1, 0.15) is 42.1 Å². The van der Waals surface area contributed by atoms with E-state index < -0.39 is 0 Å². The fourth-order valence-corrected chi connectivity index (χ4v) is 3.67. The number of aryl methyl sites for hydroxylation is 1. The van der Waals surface area contributed by atoms with Gasteiger partial charge in [0.05, 0.1) is 29.4 Å². The van der Waals surface area contributed by atoms with Crippen molar-refractivity contribution in [3.05, 3.63) is 82.0 Å². The molecule has 1 unspecified atom stereocenters. The molecule has 0 aliphatic carbocycles. The van der Waals surface area contributed by atoms with Gasteiger partial charge in [-0.3, -0.25) is 9.59 Å². The molecule has 0 bridgehead atoms. The molecule has 1 aromatic carbocycles. The molecule has 0 aliphatic heterocycles. The monoisotopic (exact) mass is 475 g/mol. The summed E-state index contributed by atoms with van der Waals surface area (Å²) in [6.07, 6.45) is 4.22. The third kappa shape index (κ3) is 5.75. The SMILES string of the molecule is CCC(C)N(CC(=O)N(Cc1ccco1)Cc1cccn1C)C(=O)c1ccc(Cl)c(Cl)c1. The maximum Gasteiger partial charge on any atom is 0.254 e. The van der Waals surface area contributed by atoms with E-state index in [0.717, 1.165) is 5.69 Å². The number of hydrogen-bond acceptors (Lipinski definition) is 3. The summed E-state index contributed by atoms with van der Waals surface area (Å²) in [6.45, 7) is 4.56. The van der Waals surface area contributed by atoms with E-state index in [1.807, 2.05) is 49.9 Å². The zero-order chi connectivity index (χ0) is 23.3. The highest BCUT2D eigenvalue weighted by atomic mass is 35.5. The van der Waals surface area contributed by atoms with Crippen molar-refractivity contribution in [2.75, 3.05) is 6.54 Å². The molecule has 0 radical (unpaired) electrons. The second-order valence-electron chi connectivity index (χ2n) is 7.76. The van der Waals surface area contributed by atoms with Gasteiger partial charge in [-0.05, 0) is 55.8 Å². The van der Waals surface area contributed by atoms with Crippen LogP contribution >= 0.6 is 23.2 Å². The number of benzene rings is 1. The predicted molar refractivity (Wildman–Crippen MR) is 126 cm³/mol. The molecule has 3 aromatic rings. The Bertz CT molecular complexity index is 1060. The van der Waals surface area contributed by atoms with Crippen LogP contribution in [0.3, 0.4) is 0 Å². The molecule has 32 heavy (non-hydrogen) atoms. The first kappa shape index (κ1) is 24.0. The summed E-state index contributed by atoms with van der Waals surface area (Å²) in [5, 5.41) is 0.678. The van der Waals surface area contributed by atoms with E-state index in [2.05, 4.69) is 0 Å². The molecular weight excluding hydrogens is 449 g/mol. The molecule has 0 spiro atoms. The number of carbonyl (C=O) groups excluding carboxylic acids is 2. The van der Waals surface area contributed by atoms with Crippen molar-refractivity contribution in [1.29, 1.82) is 0 Å². The van der Waals surface area contributed by atoms with Gasteiger partial charge >= 0.3 is 0 Å². The van der Waals surface area contributed by atoms with Crippen LogP contribution in [-0.4, -0.2) is 38.8 Å². The molecule has 1 atom stereocenters. The number of carbonyl (C=O) groups is 2. The number of rotatable bonds is 9. The second-order valence-corrected chi connectivity index (χ2v) is 8.57. The Hall–Kier alpha value is -2.70. The van der Waals surface area contributed by atoms with Crippen molar-refractivity contribution in [3.8, 4) is 0 Å². The van der Waals surface area contributed by atoms with Crippen LogP contribution in [0.5, 0.6) is 0 Å². The normalized spacial score (nSPS) is 11.9. The molecule has 2 heterocycles. The fraction of sp³-hybridized carbons (Fsp3) is 0.333. The van der Waals surface area contributed by atoms with Crippen molar-refractivity contribution < 1.29 is 14.0 Å². The summed E-state index contributed by atoms with van der Waals surface area (Å²) < 4.78 is 7.44. The summed E-state index contributed by atoms with van der Waals surface area (Å²) in [5.74, 6) is 0.248. The number of aromatic nitrogens is 1. The summed E-state index contributed by atoms with van der Waals surface area (Å²) >= 11 is 12.1. The minimum atomic E-state index is -0.261. The van der Waals surface area contributed by atoms with Crippen LogP contribution in [0.15, 0.2) is 59.3 Å². The highest BCUT2D eigenvalue weighted by molar-refractivity contribution is 6.42. The zero-order valence-corrected chi connectivity index (χ0v) is 19.9. The maximum absolute atomic E-state index is 13.4. The number of hydrogen-bond donors (Lipinski definition) is 0. The highest BCUT2D eigenvalue weighted by Gasteiger charge is 2.27. The zero-order valence-electron chi connectivity index (χ0n) is 18.4. The van der Waals surface area contributed by atoms with Gasteiger partial charge in [0.1, 0.15) is 12.3 Å². The molecule has 0 fully saturated rings. The Morgan fingerprint density at radius 3 is 2.47 bits per heavy atom. The lowest BCUT2D eigenvalue weighted by Crippen LogP contribution is -2.46. The first-order valence-corrected chi connectivity index (χ1v) is 11.2. The van der Waals surface area contributed by atoms with Gasteiger partial charge in [-0.25, -0.2) is 0 Å². The second kappa shape index (κ2) is 10.7. The quantitative estimate of drug-likeness (QED) is 0.416. The van der Waals surface area contributed by atoms with Crippen molar-refractivity contribution in [3.63, 3.8) is 0 Å². The van der Waals surface area contributed by atoms with E-state index in [9.17, 15) is 9.59 Å². The summed E-state index contributed by atoms with van der Waals surface area (Å²) in [4.78, 5) is 30.0. The molecule has 0 saturated heterocycles. The summed E-state index contributed by atoms with van der Waals surface area (Å²) in [7, 11) is 1.93. The van der Waals surface area contributed by atoms with Crippen LogP contribution < -0.4 is 0 Å². The van der Waals surface area contributed by atoms with E-state index in [0.29, 0.717) is 40.9 Å². The largest absolute Gasteiger partial charge is 0.467 e. The van der Waals surface area contributed by atoms with Gasteiger partial charge in [-0.2, -0.15) is 0 Å². The smallest absolute Gasteiger partial charge is 0.254 e. The third-order valence-electron chi connectivity index (χ3n) is 5.54. The molecular formula is C24H27Cl2N3O3. The van der Waals surface area contributed by atoms with E-state index in [1.165, 1.54) is 6.07 Å². The molecule has 3 rings (SSSR count). The van der Waals surface area contributed by atoms with E-state index >= 15 is 0 Å². The van der Waals surface area contributed by atoms with Crippen LogP contribution in [0, 0.1) is 0 Å². The Balaban J connectivity index is 1.84. The Morgan fingerprint density at radius 1 is 1.09 bits per heavy atom. The van der Waals surface area contributed by atoms with Gasteiger partial charge in [-0.15, -0.1) is 0 Å². The van der Waals surface area contributed by atoms with Gasteiger partial charge in [0.15, 0.2) is 0 Å². The lowest BCUT2D eigenvalue weighted by atomic mass is 10.1.